The molecule has 0 saturated carbocycles. The van der Waals surface area contributed by atoms with Gasteiger partial charge in [0.15, 0.2) is 0 Å². The van der Waals surface area contributed by atoms with Gasteiger partial charge in [0.1, 0.15) is 10.8 Å². The van der Waals surface area contributed by atoms with Crippen LogP contribution < -0.4 is 21.1 Å². The van der Waals surface area contributed by atoms with E-state index in [1.54, 1.807) is 47.4 Å². The molecule has 3 aromatic rings. The SMILES string of the molecule is NC(=O)c1c(NC(=O)Nc2ccc(Cl)cc2)sc2c1CCN(C(=O)c1ccc3c(c1)OC(=O)C3)C2. The standard InChI is InChI=1S/C24H19ClN4O5S/c25-14-3-5-15(6-4-14)27-24(33)28-22-20(21(26)31)16-7-8-29(11-18(16)35-22)23(32)13-2-1-12-10-19(30)34-17(12)9-13/h1-6,9H,7-8,10-11H2,(H2,26,31)(H2,27,28,33). The highest BCUT2D eigenvalue weighted by molar-refractivity contribution is 7.17. The zero-order chi connectivity index (χ0) is 24.7. The smallest absolute Gasteiger partial charge is 0.324 e. The minimum absolute atomic E-state index is 0.198. The van der Waals surface area contributed by atoms with E-state index in [9.17, 15) is 19.2 Å². The van der Waals surface area contributed by atoms with Crippen LogP contribution in [0.1, 0.15) is 36.7 Å². The first-order valence-corrected chi connectivity index (χ1v) is 11.9. The third kappa shape index (κ3) is 4.58. The first-order chi connectivity index (χ1) is 16.8. The van der Waals surface area contributed by atoms with E-state index in [1.165, 1.54) is 11.3 Å². The summed E-state index contributed by atoms with van der Waals surface area (Å²) < 4.78 is 5.16. The second kappa shape index (κ2) is 9.05. The Labute approximate surface area is 208 Å². The third-order valence-electron chi connectivity index (χ3n) is 5.79. The number of halogens is 1. The van der Waals surface area contributed by atoms with Crippen LogP contribution in [0.2, 0.25) is 5.02 Å². The molecule has 0 unspecified atom stereocenters. The number of fused-ring (bicyclic) bond motifs is 2. The maximum absolute atomic E-state index is 13.1. The second-order valence-corrected chi connectivity index (χ2v) is 9.65. The quantitative estimate of drug-likeness (QED) is 0.363. The van der Waals surface area contributed by atoms with Gasteiger partial charge in [-0.2, -0.15) is 0 Å². The minimum atomic E-state index is -0.649. The van der Waals surface area contributed by atoms with Crippen molar-refractivity contribution in [1.82, 2.24) is 4.90 Å². The minimum Gasteiger partial charge on any atom is -0.426 e. The first kappa shape index (κ1) is 22.9. The van der Waals surface area contributed by atoms with E-state index in [1.807, 2.05) is 0 Å². The van der Waals surface area contributed by atoms with E-state index in [4.69, 9.17) is 22.1 Å². The topological polar surface area (TPSA) is 131 Å². The van der Waals surface area contributed by atoms with Crippen molar-refractivity contribution in [1.29, 1.82) is 0 Å². The predicted molar refractivity (Wildman–Crippen MR) is 131 cm³/mol. The van der Waals surface area contributed by atoms with Crippen molar-refractivity contribution >= 4 is 57.4 Å². The number of hydrogen-bond acceptors (Lipinski definition) is 6. The van der Waals surface area contributed by atoms with Crippen molar-refractivity contribution < 1.29 is 23.9 Å². The molecule has 0 radical (unpaired) electrons. The summed E-state index contributed by atoms with van der Waals surface area (Å²) in [6.45, 7) is 0.632. The number of nitrogens with two attached hydrogens (primary N) is 1. The molecule has 35 heavy (non-hydrogen) atoms. The van der Waals surface area contributed by atoms with E-state index in [0.29, 0.717) is 40.0 Å². The van der Waals surface area contributed by atoms with Crippen LogP contribution >= 0.6 is 22.9 Å². The molecule has 2 aliphatic rings. The highest BCUT2D eigenvalue weighted by atomic mass is 35.5. The maximum atomic E-state index is 13.1. The molecule has 9 nitrogen and oxygen atoms in total. The number of ether oxygens (including phenoxy) is 1. The fourth-order valence-electron chi connectivity index (χ4n) is 4.15. The predicted octanol–water partition coefficient (Wildman–Crippen LogP) is 3.80. The summed E-state index contributed by atoms with van der Waals surface area (Å²) in [5, 5.41) is 6.25. The number of nitrogens with one attached hydrogen (secondary N) is 2. The number of hydrogen-bond donors (Lipinski definition) is 3. The Morgan fingerprint density at radius 1 is 1.09 bits per heavy atom. The van der Waals surface area contributed by atoms with Crippen LogP contribution in [-0.4, -0.2) is 35.3 Å². The Kier molecular flexibility index (Phi) is 5.91. The second-order valence-electron chi connectivity index (χ2n) is 8.11. The molecular formula is C24H19ClN4O5S. The highest BCUT2D eigenvalue weighted by Gasteiger charge is 2.31. The van der Waals surface area contributed by atoms with Gasteiger partial charge in [0.25, 0.3) is 11.8 Å². The largest absolute Gasteiger partial charge is 0.426 e. The van der Waals surface area contributed by atoms with Gasteiger partial charge < -0.3 is 20.7 Å². The molecular weight excluding hydrogens is 492 g/mol. The van der Waals surface area contributed by atoms with E-state index in [0.717, 1.165) is 16.0 Å². The molecule has 178 valence electrons. The van der Waals surface area contributed by atoms with Crippen molar-refractivity contribution in [2.45, 2.75) is 19.4 Å². The van der Waals surface area contributed by atoms with Gasteiger partial charge in [-0.1, -0.05) is 17.7 Å². The molecule has 0 fully saturated rings. The van der Waals surface area contributed by atoms with Crippen LogP contribution in [-0.2, 0) is 24.2 Å². The Balaban J connectivity index is 1.34. The number of amides is 4. The van der Waals surface area contributed by atoms with E-state index in [2.05, 4.69) is 10.6 Å². The molecule has 5 rings (SSSR count). The summed E-state index contributed by atoms with van der Waals surface area (Å²) in [5.74, 6) is -0.802. The lowest BCUT2D eigenvalue weighted by molar-refractivity contribution is -0.131. The number of rotatable bonds is 4. The van der Waals surface area contributed by atoms with Gasteiger partial charge in [0, 0.05) is 33.3 Å². The van der Waals surface area contributed by atoms with Crippen molar-refractivity contribution in [2.24, 2.45) is 5.73 Å². The monoisotopic (exact) mass is 510 g/mol. The van der Waals surface area contributed by atoms with Gasteiger partial charge in [0.2, 0.25) is 0 Å². The van der Waals surface area contributed by atoms with Crippen LogP contribution in [0.25, 0.3) is 0 Å². The van der Waals surface area contributed by atoms with Crippen LogP contribution in [0.15, 0.2) is 42.5 Å². The molecule has 3 heterocycles. The van der Waals surface area contributed by atoms with E-state index < -0.39 is 11.9 Å². The fraction of sp³-hybridized carbons (Fsp3) is 0.167. The Bertz CT molecular complexity index is 1390. The summed E-state index contributed by atoms with van der Waals surface area (Å²) in [7, 11) is 0. The zero-order valence-corrected chi connectivity index (χ0v) is 19.8. The van der Waals surface area contributed by atoms with Crippen molar-refractivity contribution in [2.75, 3.05) is 17.2 Å². The lowest BCUT2D eigenvalue weighted by Gasteiger charge is -2.27. The number of thiophene rings is 1. The third-order valence-corrected chi connectivity index (χ3v) is 7.18. The van der Waals surface area contributed by atoms with Crippen molar-refractivity contribution in [3.63, 3.8) is 0 Å². The Morgan fingerprint density at radius 2 is 1.86 bits per heavy atom. The van der Waals surface area contributed by atoms with Crippen LogP contribution in [0.3, 0.4) is 0 Å². The molecule has 2 aliphatic heterocycles. The van der Waals surface area contributed by atoms with Gasteiger partial charge in [-0.05, 0) is 48.4 Å². The number of carbonyl (C=O) groups excluding carboxylic acids is 4. The summed E-state index contributed by atoms with van der Waals surface area (Å²) in [5.41, 5.74) is 8.32. The average molecular weight is 511 g/mol. The molecule has 4 N–H and O–H groups in total. The number of benzene rings is 2. The van der Waals surface area contributed by atoms with Gasteiger partial charge in [-0.25, -0.2) is 4.79 Å². The molecule has 4 amide bonds. The molecule has 2 aromatic carbocycles. The van der Waals surface area contributed by atoms with Crippen LogP contribution in [0.5, 0.6) is 5.75 Å². The van der Waals surface area contributed by atoms with Gasteiger partial charge >= 0.3 is 12.0 Å². The number of anilines is 2. The number of carbonyl (C=O) groups is 4. The lowest BCUT2D eigenvalue weighted by Crippen LogP contribution is -2.36. The van der Waals surface area contributed by atoms with Gasteiger partial charge in [0.05, 0.1) is 18.5 Å². The lowest BCUT2D eigenvalue weighted by atomic mass is 10.0. The Morgan fingerprint density at radius 3 is 2.60 bits per heavy atom. The first-order valence-electron chi connectivity index (χ1n) is 10.7. The number of urea groups is 1. The molecule has 0 atom stereocenters. The molecule has 0 saturated heterocycles. The molecule has 0 spiro atoms. The molecule has 11 heteroatoms. The van der Waals surface area contributed by atoms with Crippen molar-refractivity contribution in [3.8, 4) is 5.75 Å². The highest BCUT2D eigenvalue weighted by Crippen LogP contribution is 2.37. The summed E-state index contributed by atoms with van der Waals surface area (Å²) >= 11 is 7.08. The average Bonchev–Trinajstić information content (AvgIpc) is 3.37. The van der Waals surface area contributed by atoms with E-state index >= 15 is 0 Å². The van der Waals surface area contributed by atoms with E-state index in [-0.39, 0.29) is 30.4 Å². The number of primary amides is 1. The Hall–Kier alpha value is -3.89. The number of esters is 1. The molecule has 0 bridgehead atoms. The maximum Gasteiger partial charge on any atom is 0.324 e. The molecule has 1 aromatic heterocycles. The van der Waals surface area contributed by atoms with Gasteiger partial charge in [-0.15, -0.1) is 11.3 Å². The fourth-order valence-corrected chi connectivity index (χ4v) is 5.54. The molecule has 0 aliphatic carbocycles. The van der Waals surface area contributed by atoms with Gasteiger partial charge in [-0.3, -0.25) is 19.7 Å². The summed E-state index contributed by atoms with van der Waals surface area (Å²) in [6, 6.07) is 11.0. The summed E-state index contributed by atoms with van der Waals surface area (Å²) in [4.78, 5) is 51.8. The van der Waals surface area contributed by atoms with Crippen LogP contribution in [0.4, 0.5) is 15.5 Å². The summed E-state index contributed by atoms with van der Waals surface area (Å²) in [6.07, 6.45) is 0.611. The normalized spacial score (nSPS) is 14.1. The number of nitrogens with zero attached hydrogens (tertiary/aromatic N) is 1. The van der Waals surface area contributed by atoms with Crippen molar-refractivity contribution in [3.05, 3.63) is 74.6 Å². The zero-order valence-electron chi connectivity index (χ0n) is 18.2. The van der Waals surface area contributed by atoms with Crippen LogP contribution in [0, 0.1) is 0 Å².